The predicted octanol–water partition coefficient (Wildman–Crippen LogP) is 2.75. The number of nitrogens with zero attached hydrogens (tertiary/aromatic N) is 1. The Kier molecular flexibility index (Phi) is 20.7. The molecule has 0 aromatic heterocycles. The molecule has 0 fully saturated rings. The van der Waals surface area contributed by atoms with Crippen molar-refractivity contribution in [2.24, 2.45) is 0 Å². The highest BCUT2D eigenvalue weighted by Crippen LogP contribution is 1.94. The van der Waals surface area contributed by atoms with Crippen LogP contribution in [-0.2, 0) is 0 Å². The first-order valence-corrected chi connectivity index (χ1v) is 5.35. The lowest BCUT2D eigenvalue weighted by molar-refractivity contribution is 0.191. The number of amides is 1. The summed E-state index contributed by atoms with van der Waals surface area (Å²) in [6.07, 6.45) is -1.18. The highest BCUT2D eigenvalue weighted by Gasteiger charge is 1.95. The molecule has 0 saturated heterocycles. The summed E-state index contributed by atoms with van der Waals surface area (Å²) < 4.78 is 0.417. The summed E-state index contributed by atoms with van der Waals surface area (Å²) in [5, 5.41) is 7.76. The topological polar surface area (TPSA) is 57.6 Å². The van der Waals surface area contributed by atoms with Gasteiger partial charge >= 0.3 is 6.09 Å². The summed E-state index contributed by atoms with van der Waals surface area (Å²) >= 11 is 24.4. The Labute approximate surface area is 120 Å². The zero-order valence-electron chi connectivity index (χ0n) is 6.30. The average Bonchev–Trinajstić information content (AvgIpc) is 1.83. The Balaban J connectivity index is -0.000000135. The van der Waals surface area contributed by atoms with Crippen LogP contribution in [0, 0.1) is 0 Å². The molecule has 11 heteroatoms. The molecule has 0 aromatic rings. The number of carboxylic acid groups (broad SMARTS) is 1. The van der Waals surface area contributed by atoms with Crippen molar-refractivity contribution >= 4 is 102 Å². The van der Waals surface area contributed by atoms with Crippen LogP contribution in [0.3, 0.4) is 0 Å². The largest absolute Gasteiger partial charge is 0.464 e. The molecule has 0 atom stereocenters. The van der Waals surface area contributed by atoms with Crippen molar-refractivity contribution < 1.29 is 14.7 Å². The summed E-state index contributed by atoms with van der Waals surface area (Å²) in [6, 6.07) is 0. The fourth-order valence-corrected chi connectivity index (χ4v) is 0. The Bertz CT molecular complexity index is 175. The van der Waals surface area contributed by atoms with Crippen LogP contribution in [0.15, 0.2) is 0 Å². The average molecular weight is 330 g/mol. The van der Waals surface area contributed by atoms with E-state index in [1.54, 1.807) is 0 Å². The third kappa shape index (κ3) is 73.4. The zero-order chi connectivity index (χ0) is 12.3. The molecule has 0 bridgehead atoms. The van der Waals surface area contributed by atoms with Gasteiger partial charge in [0.25, 0.3) is 0 Å². The third-order valence-electron chi connectivity index (χ3n) is 0.171. The number of thiol groups is 6. The molecule has 0 aliphatic rings. The highest BCUT2D eigenvalue weighted by molar-refractivity contribution is 8.34. The summed E-state index contributed by atoms with van der Waals surface area (Å²) in [7, 11) is 0. The molecule has 0 spiro atoms. The van der Waals surface area contributed by atoms with Crippen molar-refractivity contribution in [3.8, 4) is 0 Å². The summed E-state index contributed by atoms with van der Waals surface area (Å²) in [6.45, 7) is 0. The lowest BCUT2D eigenvalue weighted by Crippen LogP contribution is -2.05. The van der Waals surface area contributed by atoms with E-state index in [0.29, 0.717) is 7.24 Å². The normalized spacial score (nSPS) is 7.00. The van der Waals surface area contributed by atoms with Gasteiger partial charge in [0.2, 0.25) is 4.45 Å². The minimum atomic E-state index is -1.18. The van der Waals surface area contributed by atoms with Crippen LogP contribution in [0.4, 0.5) is 9.59 Å². The Morgan fingerprint density at radius 3 is 1.14 bits per heavy atom. The van der Waals surface area contributed by atoms with Crippen molar-refractivity contribution in [1.82, 2.24) is 3.71 Å². The van der Waals surface area contributed by atoms with Crippen molar-refractivity contribution in [3.63, 3.8) is 0 Å². The molecular formula is C3H7NO3S7. The van der Waals surface area contributed by atoms with Gasteiger partial charge in [0.1, 0.15) is 0 Å². The molecule has 0 aliphatic carbocycles. The van der Waals surface area contributed by atoms with Crippen LogP contribution in [0.1, 0.15) is 0 Å². The second-order valence-electron chi connectivity index (χ2n) is 1.14. The maximum atomic E-state index is 9.47. The van der Waals surface area contributed by atoms with Crippen molar-refractivity contribution in [1.29, 1.82) is 0 Å². The van der Waals surface area contributed by atoms with Gasteiger partial charge in [0, 0.05) is 0 Å². The minimum absolute atomic E-state index is 0.389. The standard InChI is InChI=1S/CH3NO2S2.CH2OS2.CH2S3/c3-1(4)2(5)6;2*2-1(3)4/h5-6H,(H,3,4);2*(H2,2,3,4). The molecular weight excluding hydrogens is 323 g/mol. The van der Waals surface area contributed by atoms with Gasteiger partial charge in [0.05, 0.1) is 3.53 Å². The van der Waals surface area contributed by atoms with E-state index in [1.807, 2.05) is 0 Å². The van der Waals surface area contributed by atoms with Gasteiger partial charge in [-0.05, 0) is 25.6 Å². The first kappa shape index (κ1) is 20.5. The van der Waals surface area contributed by atoms with E-state index in [4.69, 9.17) is 5.11 Å². The second kappa shape index (κ2) is 14.1. The summed E-state index contributed by atoms with van der Waals surface area (Å²) in [4.78, 5) is 18.6. The van der Waals surface area contributed by atoms with Crippen molar-refractivity contribution in [2.45, 2.75) is 0 Å². The molecule has 0 saturated carbocycles. The van der Waals surface area contributed by atoms with E-state index >= 15 is 0 Å². The number of hydrogen-bond acceptors (Lipinski definition) is 5. The smallest absolute Gasteiger partial charge is 0.427 e. The molecule has 0 unspecified atom stereocenters. The molecule has 0 aromatic carbocycles. The zero-order valence-corrected chi connectivity index (χ0v) is 12.5. The van der Waals surface area contributed by atoms with Gasteiger partial charge in [-0.3, -0.25) is 4.79 Å². The number of hydrogen-bond donors (Lipinski definition) is 7. The first-order chi connectivity index (χ1) is 6.11. The van der Waals surface area contributed by atoms with Crippen LogP contribution in [0.5, 0.6) is 0 Å². The molecule has 84 valence electrons. The lowest BCUT2D eigenvalue weighted by atomic mass is 11.3. The fraction of sp³-hybridized carbons (Fsp3) is 0. The van der Waals surface area contributed by atoms with Gasteiger partial charge in [-0.1, -0.05) is 37.5 Å². The molecule has 0 rings (SSSR count). The maximum absolute atomic E-state index is 9.47. The molecule has 0 aliphatic heterocycles. The van der Waals surface area contributed by atoms with E-state index in [0.717, 1.165) is 0 Å². The lowest BCUT2D eigenvalue weighted by Gasteiger charge is -1.95. The predicted molar refractivity (Wildman–Crippen MR) is 81.8 cm³/mol. The Morgan fingerprint density at radius 1 is 1.07 bits per heavy atom. The van der Waals surface area contributed by atoms with Gasteiger partial charge in [-0.2, -0.15) is 3.71 Å². The SMILES string of the molecule is O=C(O)N(S)S.O=C(S)S.S=C(S)S. The van der Waals surface area contributed by atoms with Gasteiger partial charge in [-0.15, -0.1) is 25.3 Å². The van der Waals surface area contributed by atoms with Crippen molar-refractivity contribution in [2.75, 3.05) is 0 Å². The quantitative estimate of drug-likeness (QED) is 0.276. The van der Waals surface area contributed by atoms with E-state index in [9.17, 15) is 9.59 Å². The molecule has 14 heavy (non-hydrogen) atoms. The molecule has 1 amide bonds. The molecule has 4 nitrogen and oxygen atoms in total. The van der Waals surface area contributed by atoms with Crippen LogP contribution >= 0.6 is 88.4 Å². The maximum Gasteiger partial charge on any atom is 0.427 e. The van der Waals surface area contributed by atoms with Crippen LogP contribution in [0.25, 0.3) is 0 Å². The first-order valence-electron chi connectivity index (χ1n) is 2.35. The van der Waals surface area contributed by atoms with Crippen molar-refractivity contribution in [3.05, 3.63) is 0 Å². The number of carbonyl (C=O) groups is 2. The minimum Gasteiger partial charge on any atom is -0.464 e. The second-order valence-corrected chi connectivity index (χ2v) is 5.68. The van der Waals surface area contributed by atoms with Crippen LogP contribution in [0.2, 0.25) is 0 Å². The van der Waals surface area contributed by atoms with Gasteiger partial charge in [0.15, 0.2) is 0 Å². The molecule has 0 heterocycles. The van der Waals surface area contributed by atoms with Gasteiger partial charge < -0.3 is 5.11 Å². The Morgan fingerprint density at radius 2 is 1.14 bits per heavy atom. The number of rotatable bonds is 0. The monoisotopic (exact) mass is 329 g/mol. The highest BCUT2D eigenvalue weighted by atomic mass is 32.2. The molecule has 0 radical (unpaired) electrons. The number of thiocarbonyl (C=S) groups is 1. The summed E-state index contributed by atoms with van der Waals surface area (Å²) in [5.41, 5.74) is 0. The summed E-state index contributed by atoms with van der Waals surface area (Å²) in [5.74, 6) is 0. The number of carbonyl (C=O) groups excluding carboxylic acids is 1. The van der Waals surface area contributed by atoms with E-state index in [1.165, 1.54) is 0 Å². The Hall–Kier alpha value is 1.13. The van der Waals surface area contributed by atoms with E-state index in [2.05, 4.69) is 88.4 Å². The van der Waals surface area contributed by atoms with Crippen LogP contribution in [-0.4, -0.2) is 22.9 Å². The van der Waals surface area contributed by atoms with Crippen LogP contribution < -0.4 is 0 Å². The van der Waals surface area contributed by atoms with E-state index < -0.39 is 10.5 Å². The third-order valence-corrected chi connectivity index (χ3v) is 0.513. The van der Waals surface area contributed by atoms with Gasteiger partial charge in [-0.25, -0.2) is 4.79 Å². The van der Waals surface area contributed by atoms with E-state index in [-0.39, 0.29) is 0 Å². The fourth-order valence-electron chi connectivity index (χ4n) is 0. The molecule has 1 N–H and O–H groups in total.